The smallest absolute Gasteiger partial charge is 0.234 e. The second-order valence-corrected chi connectivity index (χ2v) is 8.63. The molecule has 0 aromatic heterocycles. The first-order chi connectivity index (χ1) is 15.0. The summed E-state index contributed by atoms with van der Waals surface area (Å²) in [6.45, 7) is 8.91. The lowest BCUT2D eigenvalue weighted by atomic mass is 10.0. The van der Waals surface area contributed by atoms with Crippen LogP contribution in [0, 0.1) is 11.8 Å². The Morgan fingerprint density at radius 3 is 2.74 bits per heavy atom. The third-order valence-corrected chi connectivity index (χ3v) is 6.06. The predicted molar refractivity (Wildman–Crippen MR) is 127 cm³/mol. The lowest BCUT2D eigenvalue weighted by Crippen LogP contribution is -2.32. The minimum Gasteiger partial charge on any atom is -0.356 e. The molecule has 0 fully saturated rings. The van der Waals surface area contributed by atoms with Crippen molar-refractivity contribution in [2.75, 3.05) is 20.3 Å². The van der Waals surface area contributed by atoms with Gasteiger partial charge in [0.25, 0.3) is 0 Å². The van der Waals surface area contributed by atoms with Crippen LogP contribution in [0.25, 0.3) is 0 Å². The van der Waals surface area contributed by atoms with Crippen LogP contribution in [-0.2, 0) is 25.2 Å². The Labute approximate surface area is 190 Å². The van der Waals surface area contributed by atoms with Crippen LogP contribution in [0.1, 0.15) is 30.4 Å². The van der Waals surface area contributed by atoms with Crippen molar-refractivity contribution in [1.29, 1.82) is 0 Å². The number of benzene rings is 1. The summed E-state index contributed by atoms with van der Waals surface area (Å²) in [5.41, 5.74) is 3.03. The number of hydrogen-bond donors (Lipinski definition) is 2. The highest BCUT2D eigenvalue weighted by Crippen LogP contribution is 2.41. The van der Waals surface area contributed by atoms with E-state index in [9.17, 15) is 9.59 Å². The minimum absolute atomic E-state index is 0.0747. The van der Waals surface area contributed by atoms with Gasteiger partial charge in [0.1, 0.15) is 0 Å². The summed E-state index contributed by atoms with van der Waals surface area (Å²) in [7, 11) is 0.363. The van der Waals surface area contributed by atoms with E-state index in [2.05, 4.69) is 42.6 Å². The average molecular weight is 459 g/mol. The van der Waals surface area contributed by atoms with Crippen LogP contribution in [0.5, 0.6) is 0 Å². The molecule has 1 atom stereocenters. The van der Waals surface area contributed by atoms with Crippen molar-refractivity contribution in [3.05, 3.63) is 72.0 Å². The van der Waals surface area contributed by atoms with Crippen LogP contribution in [0.2, 0.25) is 0 Å². The van der Waals surface area contributed by atoms with E-state index in [1.165, 1.54) is 7.11 Å². The molecule has 1 heterocycles. The van der Waals surface area contributed by atoms with Gasteiger partial charge in [0, 0.05) is 37.6 Å². The molecule has 0 saturated carbocycles. The zero-order chi connectivity index (χ0) is 22.6. The summed E-state index contributed by atoms with van der Waals surface area (Å²) in [6, 6.07) is 7.69. The first kappa shape index (κ1) is 24.9. The number of fused-ring (bicyclic) bond motifs is 1. The number of rotatable bonds is 11. The van der Waals surface area contributed by atoms with Gasteiger partial charge in [-0.3, -0.25) is 9.59 Å². The maximum Gasteiger partial charge on any atom is 0.234 e. The summed E-state index contributed by atoms with van der Waals surface area (Å²) in [6.07, 6.45) is 4.03. The van der Waals surface area contributed by atoms with Crippen LogP contribution >= 0.6 is 19.8 Å². The molecule has 0 bridgehead atoms. The van der Waals surface area contributed by atoms with Gasteiger partial charge in [-0.25, -0.2) is 0 Å². The topological polar surface area (TPSA) is 67.9 Å². The fourth-order valence-electron chi connectivity index (χ4n) is 2.92. The lowest BCUT2D eigenvalue weighted by molar-refractivity contribution is -0.132. The molecule has 8 heteroatoms. The van der Waals surface area contributed by atoms with Crippen LogP contribution in [0.15, 0.2) is 60.8 Å². The standard InChI is InChI=1S/C23H27N2O4PS/c1-4-18-11-12-19-9-6-7-10-20(19)17-25(21(18)5-2)23(27)14-13-22(26)24-15-8-16-29-30(31)28-3/h4-7,9-10,31H,1-2,8,13-17H2,3H3,(H,24,26)/b21-18-. The molecule has 0 spiro atoms. The summed E-state index contributed by atoms with van der Waals surface area (Å²) in [5.74, 6) is 5.85. The molecular weight excluding hydrogens is 431 g/mol. The van der Waals surface area contributed by atoms with E-state index < -0.39 is 7.58 Å². The molecule has 1 aliphatic heterocycles. The molecule has 2 rings (SSSR count). The molecule has 1 N–H and O–H groups in total. The Balaban J connectivity index is 1.98. The van der Waals surface area contributed by atoms with E-state index in [0.29, 0.717) is 37.4 Å². The molecule has 1 aromatic carbocycles. The van der Waals surface area contributed by atoms with Gasteiger partial charge in [-0.15, -0.1) is 0 Å². The largest absolute Gasteiger partial charge is 0.356 e. The molecule has 0 saturated heterocycles. The molecule has 0 radical (unpaired) electrons. The van der Waals surface area contributed by atoms with E-state index >= 15 is 0 Å². The fourth-order valence-corrected chi connectivity index (χ4v) is 3.55. The van der Waals surface area contributed by atoms with Crippen molar-refractivity contribution >= 4 is 31.6 Å². The molecule has 1 unspecified atom stereocenters. The molecule has 6 nitrogen and oxygen atoms in total. The van der Waals surface area contributed by atoms with Gasteiger partial charge in [-0.2, -0.15) is 0 Å². The summed E-state index contributed by atoms with van der Waals surface area (Å²) >= 11 is 4.11. The quantitative estimate of drug-likeness (QED) is 0.227. The molecule has 1 aliphatic rings. The van der Waals surface area contributed by atoms with Crippen molar-refractivity contribution in [2.24, 2.45) is 0 Å². The predicted octanol–water partition coefficient (Wildman–Crippen LogP) is 4.11. The average Bonchev–Trinajstić information content (AvgIpc) is 2.77. The number of hydrogen-bond acceptors (Lipinski definition) is 5. The highest BCUT2D eigenvalue weighted by molar-refractivity contribution is 8.41. The van der Waals surface area contributed by atoms with Crippen molar-refractivity contribution in [2.45, 2.75) is 25.8 Å². The first-order valence-corrected chi connectivity index (χ1v) is 12.1. The number of allylic oxidation sites excluding steroid dienone is 3. The van der Waals surface area contributed by atoms with E-state index in [0.717, 1.165) is 11.1 Å². The van der Waals surface area contributed by atoms with E-state index in [4.69, 9.17) is 9.05 Å². The Morgan fingerprint density at radius 1 is 1.26 bits per heavy atom. The number of nitrogens with one attached hydrogen (secondary N) is 1. The van der Waals surface area contributed by atoms with E-state index in [1.807, 2.05) is 24.3 Å². The van der Waals surface area contributed by atoms with Crippen molar-refractivity contribution in [3.8, 4) is 11.8 Å². The normalized spacial score (nSPS) is 16.1. The lowest BCUT2D eigenvalue weighted by Gasteiger charge is -2.26. The Morgan fingerprint density at radius 2 is 2.03 bits per heavy atom. The monoisotopic (exact) mass is 458 g/mol. The van der Waals surface area contributed by atoms with Gasteiger partial charge in [0.2, 0.25) is 19.4 Å². The molecule has 31 heavy (non-hydrogen) atoms. The Bertz CT molecular complexity index is 920. The van der Waals surface area contributed by atoms with Crippen LogP contribution in [-0.4, -0.2) is 37.0 Å². The van der Waals surface area contributed by atoms with Gasteiger partial charge < -0.3 is 19.3 Å². The van der Waals surface area contributed by atoms with Gasteiger partial charge >= 0.3 is 0 Å². The SMILES string of the molecule is C=C/C1=C(\C=C)N(C(=O)CCC(=O)NCCCOP(S)OC)Cc2ccccc2C#C1. The number of carbonyl (C=O) groups excluding carboxylic acids is 2. The first-order valence-electron chi connectivity index (χ1n) is 9.82. The van der Waals surface area contributed by atoms with Crippen molar-refractivity contribution < 1.29 is 18.6 Å². The number of thiol groups is 1. The van der Waals surface area contributed by atoms with Crippen molar-refractivity contribution in [3.63, 3.8) is 0 Å². The molecular formula is C23H27N2O4PS. The fraction of sp³-hybridized carbons (Fsp3) is 0.304. The molecule has 1 aromatic rings. The van der Waals surface area contributed by atoms with E-state index in [1.54, 1.807) is 17.1 Å². The zero-order valence-electron chi connectivity index (χ0n) is 17.6. The molecule has 0 aliphatic carbocycles. The number of carbonyl (C=O) groups is 2. The van der Waals surface area contributed by atoms with E-state index in [-0.39, 0.29) is 24.7 Å². The summed E-state index contributed by atoms with van der Waals surface area (Å²) in [4.78, 5) is 26.8. The summed E-state index contributed by atoms with van der Waals surface area (Å²) in [5, 5.41) is 2.80. The third kappa shape index (κ3) is 7.68. The van der Waals surface area contributed by atoms with Gasteiger partial charge in [-0.1, -0.05) is 61.5 Å². The Kier molecular flexibility index (Phi) is 10.6. The number of amides is 2. The second-order valence-electron chi connectivity index (χ2n) is 6.55. The third-order valence-electron chi connectivity index (χ3n) is 4.51. The van der Waals surface area contributed by atoms with Gasteiger partial charge in [0.15, 0.2) is 0 Å². The Hall–Kier alpha value is -2.36. The highest BCUT2D eigenvalue weighted by Gasteiger charge is 2.21. The van der Waals surface area contributed by atoms with Crippen LogP contribution in [0.3, 0.4) is 0 Å². The van der Waals surface area contributed by atoms with Crippen molar-refractivity contribution in [1.82, 2.24) is 10.2 Å². The van der Waals surface area contributed by atoms with Crippen LogP contribution in [0.4, 0.5) is 0 Å². The van der Waals surface area contributed by atoms with Gasteiger partial charge in [-0.05, 0) is 24.1 Å². The molecule has 164 valence electrons. The number of nitrogens with zero attached hydrogens (tertiary/aromatic N) is 1. The summed E-state index contributed by atoms with van der Waals surface area (Å²) < 4.78 is 10.2. The maximum atomic E-state index is 13.0. The second kappa shape index (κ2) is 13.1. The highest BCUT2D eigenvalue weighted by atomic mass is 32.7. The van der Waals surface area contributed by atoms with Gasteiger partial charge in [0.05, 0.1) is 18.8 Å². The zero-order valence-corrected chi connectivity index (χ0v) is 19.4. The molecule has 2 amide bonds. The van der Waals surface area contributed by atoms with Crippen LogP contribution < -0.4 is 5.32 Å². The minimum atomic E-state index is -1.16. The maximum absolute atomic E-state index is 13.0.